The zero-order valence-corrected chi connectivity index (χ0v) is 35.4. The third-order valence-electron chi connectivity index (χ3n) is 7.78. The van der Waals surface area contributed by atoms with Gasteiger partial charge in [0, 0.05) is 33.3 Å². The molecule has 0 fully saturated rings. The molecule has 6 rings (SSSR count). The molecule has 6 aromatic rings. The Kier molecular flexibility index (Phi) is 18.3. The topological polar surface area (TPSA) is 47.6 Å². The van der Waals surface area contributed by atoms with Crippen LogP contribution in [0.3, 0.4) is 0 Å². The summed E-state index contributed by atoms with van der Waals surface area (Å²) in [5, 5.41) is 23.5. The van der Waals surface area contributed by atoms with Crippen LogP contribution in [-0.2, 0) is 19.5 Å². The van der Waals surface area contributed by atoms with E-state index in [1.165, 1.54) is 57.0 Å². The molecule has 55 heavy (non-hydrogen) atoms. The van der Waals surface area contributed by atoms with Crippen molar-refractivity contribution in [3.63, 3.8) is 0 Å². The van der Waals surface area contributed by atoms with Crippen molar-refractivity contribution >= 4 is 63.3 Å². The van der Waals surface area contributed by atoms with Gasteiger partial charge in [-0.25, -0.2) is 0 Å². The van der Waals surface area contributed by atoms with Crippen LogP contribution in [0.4, 0.5) is 25.2 Å². The van der Waals surface area contributed by atoms with E-state index in [1.807, 2.05) is 0 Å². The van der Waals surface area contributed by atoms with Crippen molar-refractivity contribution in [2.24, 2.45) is 0 Å². The first kappa shape index (κ1) is 47.2. The van der Waals surface area contributed by atoms with Crippen molar-refractivity contribution in [3.05, 3.63) is 182 Å². The van der Waals surface area contributed by atoms with Gasteiger partial charge in [0.1, 0.15) is 8.07 Å². The van der Waals surface area contributed by atoms with Gasteiger partial charge in [0.2, 0.25) is 0 Å². The van der Waals surface area contributed by atoms with Gasteiger partial charge in [-0.2, -0.15) is 10.5 Å². The third-order valence-corrected chi connectivity index (χ3v) is 21.2. The molecule has 0 saturated carbocycles. The van der Waals surface area contributed by atoms with Crippen molar-refractivity contribution in [3.8, 4) is 12.1 Å². The number of hydrogen-bond donors (Lipinski definition) is 0. The molecule has 0 unspecified atom stereocenters. The minimum atomic E-state index is -10.7. The smallest absolute Gasteiger partial charge is 0.0626 e. The van der Waals surface area contributed by atoms with Crippen LogP contribution in [-0.4, -0.2) is 19.6 Å². The minimum absolute atomic E-state index is 0. The maximum atomic E-state index is 9.87. The van der Waals surface area contributed by atoms with Crippen molar-refractivity contribution in [1.82, 2.24) is 0 Å². The fourth-order valence-corrected chi connectivity index (χ4v) is 21.9. The first-order valence-electron chi connectivity index (χ1n) is 16.7. The molecule has 6 aromatic carbocycles. The van der Waals surface area contributed by atoms with Gasteiger partial charge >= 0.3 is 33.0 Å². The number of rotatable bonds is 10. The number of nitrogens with zero attached hydrogens (tertiary/aromatic N) is 2. The van der Waals surface area contributed by atoms with Gasteiger partial charge in [-0.1, -0.05) is 192 Å². The Bertz CT molecular complexity index is 1830. The summed E-state index contributed by atoms with van der Waals surface area (Å²) in [5.74, 6) is 2.34. The molecule has 0 aromatic heterocycles. The molecule has 2 nitrogen and oxygen atoms in total. The maximum Gasteiger partial charge on any atom is 0.127 e. The van der Waals surface area contributed by atoms with E-state index in [-0.39, 0.29) is 19.5 Å². The van der Waals surface area contributed by atoms with Gasteiger partial charge in [0.05, 0.1) is 12.1 Å². The zero-order valence-electron chi connectivity index (χ0n) is 30.1. The third kappa shape index (κ3) is 17.1. The number of hydrogen-bond acceptors (Lipinski definition) is 2. The van der Waals surface area contributed by atoms with E-state index in [9.17, 15) is 25.2 Å². The Morgan fingerprint density at radius 3 is 0.764 bits per heavy atom. The van der Waals surface area contributed by atoms with E-state index in [4.69, 9.17) is 10.5 Å². The molecule has 13 heteroatoms. The Morgan fingerprint density at radius 1 is 0.418 bits per heavy atom. The summed E-state index contributed by atoms with van der Waals surface area (Å²) in [6.45, 7) is 2.86. The van der Waals surface area contributed by atoms with Crippen LogP contribution >= 0.6 is 23.7 Å². The second-order valence-corrected chi connectivity index (χ2v) is 23.3. The molecule has 0 spiro atoms. The van der Waals surface area contributed by atoms with Crippen LogP contribution in [0.25, 0.3) is 0 Å². The fraction of sp³-hybridized carbons (Fsp3) is 0.0952. The summed E-state index contributed by atoms with van der Waals surface area (Å²) < 4.78 is 59.2. The molecule has 0 bridgehead atoms. The Balaban J connectivity index is 0.000000651. The molecule has 0 saturated heterocycles. The molecular weight excluding hydrogens is 870 g/mol. The Labute approximate surface area is 336 Å². The molecule has 0 amide bonds. The van der Waals surface area contributed by atoms with Crippen molar-refractivity contribution in [1.29, 1.82) is 10.5 Å². The summed E-state index contributed by atoms with van der Waals surface area (Å²) in [6.07, 6.45) is 0. The monoisotopic (exact) mass is 910 g/mol. The van der Waals surface area contributed by atoms with E-state index in [2.05, 4.69) is 182 Å². The summed E-state index contributed by atoms with van der Waals surface area (Å²) >= 11 is 0. The normalized spacial score (nSPS) is 11.9. The van der Waals surface area contributed by atoms with E-state index in [0.29, 0.717) is 0 Å². The first-order chi connectivity index (χ1) is 25.6. The van der Waals surface area contributed by atoms with Gasteiger partial charge in [0.25, 0.3) is 0 Å². The number of benzene rings is 6. The molecular formula is C42H40F6N2P3RhSi-. The van der Waals surface area contributed by atoms with E-state index < -0.39 is 31.7 Å². The number of nitriles is 2. The SMILES string of the molecule is CC#N.CC#N.F[P-](F)(F)(F)(F)F.[Rh].c1ccc(P(C[Si](CP(c2ccccc2)c2ccccc2)(c2ccccc2)c2ccccc2)c2ccccc2)cc1. The molecule has 1 radical (unpaired) electrons. The molecule has 0 aliphatic heterocycles. The molecule has 0 N–H and O–H groups in total. The number of halogens is 6. The largest absolute Gasteiger partial charge is 0.127 e. The molecule has 0 heterocycles. The van der Waals surface area contributed by atoms with E-state index >= 15 is 0 Å². The summed E-state index contributed by atoms with van der Waals surface area (Å²) in [6, 6.07) is 71.6. The molecule has 0 aliphatic rings. The molecule has 0 aliphatic carbocycles. The van der Waals surface area contributed by atoms with Crippen molar-refractivity contribution in [2.75, 3.05) is 11.6 Å². The van der Waals surface area contributed by atoms with E-state index in [1.54, 1.807) is 12.1 Å². The van der Waals surface area contributed by atoms with Crippen LogP contribution in [0.15, 0.2) is 182 Å². The van der Waals surface area contributed by atoms with Crippen molar-refractivity contribution in [2.45, 2.75) is 13.8 Å². The fourth-order valence-electron chi connectivity index (χ4n) is 5.73. The van der Waals surface area contributed by atoms with E-state index in [0.717, 1.165) is 0 Å². The van der Waals surface area contributed by atoms with Gasteiger partial charge in [-0.05, 0) is 48.6 Å². The maximum absolute atomic E-state index is 10.7. The standard InChI is InChI=1S/C38H34P2Si.2C2H3N.F6P.Rh/c1-7-19-33(20-8-1)39(34-21-9-2-10-22-34)31-41(37-27-15-5-16-28-37,38-29-17-6-18-30-38)32-40(35-23-11-3-12-24-35)36-25-13-4-14-26-36;2*1-2-3;1-7(2,3,4,5)6;/h1-30H,31-32H2;2*1H3;;/q;;;-1;. The second-order valence-electron chi connectivity index (χ2n) is 11.7. The summed E-state index contributed by atoms with van der Waals surface area (Å²) in [5.41, 5.74) is 0. The molecule has 289 valence electrons. The second kappa shape index (κ2) is 21.3. The minimum Gasteiger partial charge on any atom is -0.0626 e. The van der Waals surface area contributed by atoms with Gasteiger partial charge in [-0.3, -0.25) is 0 Å². The van der Waals surface area contributed by atoms with Crippen molar-refractivity contribution < 1.29 is 44.7 Å². The quantitative estimate of drug-likeness (QED) is 0.0781. The summed E-state index contributed by atoms with van der Waals surface area (Å²) in [4.78, 5) is 0. The van der Waals surface area contributed by atoms with Gasteiger partial charge in [-0.15, -0.1) is 0 Å². The predicted octanol–water partition coefficient (Wildman–Crippen LogP) is 11.0. The Hall–Kier alpha value is -3.99. The van der Waals surface area contributed by atoms with Crippen LogP contribution < -0.4 is 31.6 Å². The average Bonchev–Trinajstić information content (AvgIpc) is 3.17. The van der Waals surface area contributed by atoms with Crippen LogP contribution in [0.2, 0.25) is 0 Å². The summed E-state index contributed by atoms with van der Waals surface area (Å²) in [7, 11) is -14.2. The van der Waals surface area contributed by atoms with Gasteiger partial charge in [0.15, 0.2) is 0 Å². The van der Waals surface area contributed by atoms with Crippen LogP contribution in [0, 0.1) is 22.7 Å². The predicted molar refractivity (Wildman–Crippen MR) is 222 cm³/mol. The zero-order chi connectivity index (χ0) is 39.6. The van der Waals surface area contributed by atoms with Gasteiger partial charge < -0.3 is 0 Å². The average molecular weight is 911 g/mol. The Morgan fingerprint density at radius 2 is 0.582 bits per heavy atom. The van der Waals surface area contributed by atoms with Crippen LogP contribution in [0.1, 0.15) is 13.8 Å². The first-order valence-corrected chi connectivity index (χ1v) is 24.2. The van der Waals surface area contributed by atoms with Crippen LogP contribution in [0.5, 0.6) is 0 Å². The molecule has 0 atom stereocenters.